The van der Waals surface area contributed by atoms with E-state index in [9.17, 15) is 4.79 Å². The summed E-state index contributed by atoms with van der Waals surface area (Å²) in [5.74, 6) is -0.503. The predicted molar refractivity (Wildman–Crippen MR) is 53.6 cm³/mol. The lowest BCUT2D eigenvalue weighted by molar-refractivity contribution is 0.0593. The van der Waals surface area contributed by atoms with Crippen molar-refractivity contribution in [2.75, 3.05) is 7.11 Å². The first-order valence-electron chi connectivity index (χ1n) is 4.43. The number of carbonyl (C=O) groups is 1. The Morgan fingerprint density at radius 1 is 1.79 bits per heavy atom. The van der Waals surface area contributed by atoms with Gasteiger partial charge in [-0.15, -0.1) is 0 Å². The molecule has 5 heteroatoms. The average molecular weight is 217 g/mol. The van der Waals surface area contributed by atoms with Gasteiger partial charge in [0.15, 0.2) is 5.69 Å². The smallest absolute Gasteiger partial charge is 0.360 e. The van der Waals surface area contributed by atoms with E-state index in [0.717, 1.165) is 6.42 Å². The van der Waals surface area contributed by atoms with Crippen LogP contribution in [0.4, 0.5) is 0 Å². The Morgan fingerprint density at radius 3 is 2.93 bits per heavy atom. The van der Waals surface area contributed by atoms with E-state index in [0.29, 0.717) is 5.02 Å². The molecule has 1 aromatic rings. The van der Waals surface area contributed by atoms with Gasteiger partial charge in [-0.1, -0.05) is 18.5 Å². The van der Waals surface area contributed by atoms with Crippen LogP contribution in [0.25, 0.3) is 0 Å². The van der Waals surface area contributed by atoms with Crippen LogP contribution >= 0.6 is 11.6 Å². The van der Waals surface area contributed by atoms with Crippen molar-refractivity contribution in [2.24, 2.45) is 0 Å². The van der Waals surface area contributed by atoms with Crippen LogP contribution < -0.4 is 0 Å². The van der Waals surface area contributed by atoms with E-state index in [1.165, 1.54) is 7.11 Å². The summed E-state index contributed by atoms with van der Waals surface area (Å²) in [6.07, 6.45) is 2.57. The maximum Gasteiger partial charge on any atom is 0.360 e. The molecule has 0 aliphatic carbocycles. The number of hydrogen-bond acceptors (Lipinski definition) is 3. The van der Waals surface area contributed by atoms with E-state index in [2.05, 4.69) is 9.84 Å². The van der Waals surface area contributed by atoms with Crippen molar-refractivity contribution < 1.29 is 9.53 Å². The van der Waals surface area contributed by atoms with E-state index in [4.69, 9.17) is 11.6 Å². The van der Waals surface area contributed by atoms with Crippen molar-refractivity contribution in [3.8, 4) is 0 Å². The van der Waals surface area contributed by atoms with Crippen molar-refractivity contribution >= 4 is 17.6 Å². The summed E-state index contributed by atoms with van der Waals surface area (Å²) >= 11 is 5.84. The summed E-state index contributed by atoms with van der Waals surface area (Å²) in [4.78, 5) is 11.2. The van der Waals surface area contributed by atoms with Crippen LogP contribution in [0.1, 0.15) is 36.8 Å². The number of rotatable bonds is 3. The van der Waals surface area contributed by atoms with Crippen molar-refractivity contribution in [3.63, 3.8) is 0 Å². The zero-order valence-corrected chi connectivity index (χ0v) is 9.21. The molecule has 1 heterocycles. The van der Waals surface area contributed by atoms with Crippen molar-refractivity contribution in [2.45, 2.75) is 26.3 Å². The van der Waals surface area contributed by atoms with E-state index < -0.39 is 5.97 Å². The topological polar surface area (TPSA) is 44.1 Å². The van der Waals surface area contributed by atoms with E-state index >= 15 is 0 Å². The molecule has 14 heavy (non-hydrogen) atoms. The highest BCUT2D eigenvalue weighted by Crippen LogP contribution is 2.18. The van der Waals surface area contributed by atoms with Gasteiger partial charge in [0.2, 0.25) is 0 Å². The molecule has 0 fully saturated rings. The molecule has 1 rings (SSSR count). The van der Waals surface area contributed by atoms with Crippen LogP contribution in [0.15, 0.2) is 6.20 Å². The fourth-order valence-electron chi connectivity index (χ4n) is 1.02. The Morgan fingerprint density at radius 2 is 2.43 bits per heavy atom. The number of halogens is 1. The van der Waals surface area contributed by atoms with Gasteiger partial charge < -0.3 is 4.74 Å². The standard InChI is InChI=1S/C9H13ClN2O2/c1-4-6(2)12-5-7(10)8(11-12)9(13)14-3/h5-6H,4H2,1-3H3/t6-/m1/s1. The third-order valence-corrected chi connectivity index (χ3v) is 2.39. The number of nitrogens with zero attached hydrogens (tertiary/aromatic N) is 2. The number of carbonyl (C=O) groups excluding carboxylic acids is 1. The Hall–Kier alpha value is -1.03. The van der Waals surface area contributed by atoms with Gasteiger partial charge in [-0.05, 0) is 13.3 Å². The summed E-state index contributed by atoms with van der Waals surface area (Å²) in [5, 5.41) is 4.39. The third-order valence-electron chi connectivity index (χ3n) is 2.11. The summed E-state index contributed by atoms with van der Waals surface area (Å²) in [7, 11) is 1.31. The molecule has 0 radical (unpaired) electrons. The minimum absolute atomic E-state index is 0.175. The minimum atomic E-state index is -0.503. The van der Waals surface area contributed by atoms with Crippen LogP contribution in [0, 0.1) is 0 Å². The lowest BCUT2D eigenvalue weighted by Gasteiger charge is -2.07. The second-order valence-electron chi connectivity index (χ2n) is 3.05. The summed E-state index contributed by atoms with van der Waals surface area (Å²) in [6, 6.07) is 0.228. The number of methoxy groups -OCH3 is 1. The molecule has 0 amide bonds. The molecule has 4 nitrogen and oxygen atoms in total. The second kappa shape index (κ2) is 4.46. The van der Waals surface area contributed by atoms with Crippen molar-refractivity contribution in [1.82, 2.24) is 9.78 Å². The zero-order valence-electron chi connectivity index (χ0n) is 8.45. The molecule has 0 aliphatic heterocycles. The monoisotopic (exact) mass is 216 g/mol. The Kier molecular flexibility index (Phi) is 3.52. The van der Waals surface area contributed by atoms with E-state index in [1.54, 1.807) is 10.9 Å². The molecule has 1 aromatic heterocycles. The highest BCUT2D eigenvalue weighted by Gasteiger charge is 2.17. The number of esters is 1. The van der Waals surface area contributed by atoms with Gasteiger partial charge in [-0.25, -0.2) is 4.79 Å². The summed E-state index contributed by atoms with van der Waals surface area (Å²) < 4.78 is 6.22. The fraction of sp³-hybridized carbons (Fsp3) is 0.556. The first kappa shape index (κ1) is 11.0. The molecule has 0 saturated carbocycles. The molecule has 0 bridgehead atoms. The van der Waals surface area contributed by atoms with Gasteiger partial charge in [-0.2, -0.15) is 5.10 Å². The molecular formula is C9H13ClN2O2. The second-order valence-corrected chi connectivity index (χ2v) is 3.46. The van der Waals surface area contributed by atoms with E-state index in [-0.39, 0.29) is 11.7 Å². The van der Waals surface area contributed by atoms with Gasteiger partial charge in [0.05, 0.1) is 12.1 Å². The normalized spacial score (nSPS) is 12.6. The fourth-order valence-corrected chi connectivity index (χ4v) is 1.23. The molecule has 78 valence electrons. The van der Waals surface area contributed by atoms with Gasteiger partial charge in [-0.3, -0.25) is 4.68 Å². The Balaban J connectivity index is 2.98. The molecular weight excluding hydrogens is 204 g/mol. The molecule has 0 aliphatic rings. The van der Waals surface area contributed by atoms with Crippen molar-refractivity contribution in [3.05, 3.63) is 16.9 Å². The van der Waals surface area contributed by atoms with Gasteiger partial charge in [0.1, 0.15) is 0 Å². The lowest BCUT2D eigenvalue weighted by atomic mass is 10.3. The third kappa shape index (κ3) is 2.07. The lowest BCUT2D eigenvalue weighted by Crippen LogP contribution is -2.08. The van der Waals surface area contributed by atoms with Gasteiger partial charge >= 0.3 is 5.97 Å². The first-order chi connectivity index (χ1) is 6.60. The minimum Gasteiger partial charge on any atom is -0.464 e. The number of aromatic nitrogens is 2. The molecule has 0 unspecified atom stereocenters. The van der Waals surface area contributed by atoms with Crippen LogP contribution in [-0.2, 0) is 4.74 Å². The first-order valence-corrected chi connectivity index (χ1v) is 4.80. The van der Waals surface area contributed by atoms with E-state index in [1.807, 2.05) is 13.8 Å². The summed E-state index contributed by atoms with van der Waals surface area (Å²) in [6.45, 7) is 4.04. The van der Waals surface area contributed by atoms with Crippen molar-refractivity contribution in [1.29, 1.82) is 0 Å². The maximum atomic E-state index is 11.2. The Labute approximate surface area is 87.8 Å². The predicted octanol–water partition coefficient (Wildman–Crippen LogP) is 2.29. The largest absolute Gasteiger partial charge is 0.464 e. The van der Waals surface area contributed by atoms with Gasteiger partial charge in [0.25, 0.3) is 0 Å². The summed E-state index contributed by atoms with van der Waals surface area (Å²) in [5.41, 5.74) is 0.175. The maximum absolute atomic E-state index is 11.2. The molecule has 1 atom stereocenters. The molecule has 0 spiro atoms. The number of hydrogen-bond donors (Lipinski definition) is 0. The molecule has 0 N–H and O–H groups in total. The molecule has 0 saturated heterocycles. The zero-order chi connectivity index (χ0) is 10.7. The molecule has 0 aromatic carbocycles. The SMILES string of the molecule is CC[C@@H](C)n1cc(Cl)c(C(=O)OC)n1. The average Bonchev–Trinajstić information content (AvgIpc) is 2.58. The van der Waals surface area contributed by atoms with Crippen LogP contribution in [0.2, 0.25) is 5.02 Å². The van der Waals surface area contributed by atoms with Crippen LogP contribution in [0.3, 0.4) is 0 Å². The highest BCUT2D eigenvalue weighted by molar-refractivity contribution is 6.33. The highest BCUT2D eigenvalue weighted by atomic mass is 35.5. The van der Waals surface area contributed by atoms with Crippen LogP contribution in [-0.4, -0.2) is 22.9 Å². The number of ether oxygens (including phenoxy) is 1. The Bertz CT molecular complexity index is 336. The van der Waals surface area contributed by atoms with Crippen LogP contribution in [0.5, 0.6) is 0 Å². The van der Waals surface area contributed by atoms with Gasteiger partial charge in [0, 0.05) is 12.2 Å². The quantitative estimate of drug-likeness (QED) is 0.729.